The summed E-state index contributed by atoms with van der Waals surface area (Å²) in [6, 6.07) is 3.81. The molecule has 3 N–H and O–H groups in total. The quantitative estimate of drug-likeness (QED) is 0.490. The van der Waals surface area contributed by atoms with E-state index in [0.29, 0.717) is 6.54 Å². The minimum atomic E-state index is -0.374. The maximum Gasteiger partial charge on any atom is 0.239 e. The van der Waals surface area contributed by atoms with Gasteiger partial charge >= 0.3 is 0 Å². The molecule has 0 aliphatic carbocycles. The van der Waals surface area contributed by atoms with E-state index in [2.05, 4.69) is 21.4 Å². The lowest BCUT2D eigenvalue weighted by molar-refractivity contribution is -0.126. The fourth-order valence-corrected chi connectivity index (χ4v) is 2.73. The van der Waals surface area contributed by atoms with E-state index in [1.807, 2.05) is 26.0 Å². The van der Waals surface area contributed by atoms with Crippen molar-refractivity contribution in [3.8, 4) is 0 Å². The Morgan fingerprint density at radius 1 is 1.42 bits per heavy atom. The molecule has 1 aliphatic rings. The molecule has 0 saturated carbocycles. The Labute approximate surface area is 120 Å². The van der Waals surface area contributed by atoms with Gasteiger partial charge in [0.1, 0.15) is 0 Å². The number of nitrogens with zero attached hydrogens (tertiary/aromatic N) is 1. The highest BCUT2D eigenvalue weighted by atomic mass is 79.9. The van der Waals surface area contributed by atoms with Crippen LogP contribution in [0.2, 0.25) is 0 Å². The van der Waals surface area contributed by atoms with Gasteiger partial charge in [0.15, 0.2) is 0 Å². The van der Waals surface area contributed by atoms with Crippen molar-refractivity contribution in [1.82, 2.24) is 5.43 Å². The first kappa shape index (κ1) is 14.0. The van der Waals surface area contributed by atoms with Gasteiger partial charge in [-0.3, -0.25) is 15.0 Å². The van der Waals surface area contributed by atoms with Gasteiger partial charge in [-0.15, -0.1) is 0 Å². The van der Waals surface area contributed by atoms with Gasteiger partial charge in [0.25, 0.3) is 0 Å². The highest BCUT2D eigenvalue weighted by molar-refractivity contribution is 9.10. The summed E-state index contributed by atoms with van der Waals surface area (Å²) in [7, 11) is 0. The highest BCUT2D eigenvalue weighted by Gasteiger charge is 2.35. The van der Waals surface area contributed by atoms with Crippen LogP contribution in [0.1, 0.15) is 17.5 Å². The first-order valence-corrected chi connectivity index (χ1v) is 6.81. The summed E-state index contributed by atoms with van der Waals surface area (Å²) in [5.41, 5.74) is 5.10. The average molecular weight is 326 g/mol. The molecule has 1 fully saturated rings. The largest absolute Gasteiger partial charge is 0.311 e. The molecule has 6 heteroatoms. The molecule has 1 heterocycles. The van der Waals surface area contributed by atoms with Crippen LogP contribution in [0.25, 0.3) is 0 Å². The lowest BCUT2D eigenvalue weighted by Gasteiger charge is -2.20. The molecule has 0 aromatic heterocycles. The number of rotatable bonds is 2. The SMILES string of the molecule is Cc1c(Br)ccc(N2CC(C(=O)NN)CC2=O)c1C. The van der Waals surface area contributed by atoms with Crippen molar-refractivity contribution in [3.63, 3.8) is 0 Å². The number of carbonyl (C=O) groups is 2. The minimum absolute atomic E-state index is 0.0431. The van der Waals surface area contributed by atoms with Crippen LogP contribution in [0.4, 0.5) is 5.69 Å². The Morgan fingerprint density at radius 2 is 2.11 bits per heavy atom. The number of halogens is 1. The maximum atomic E-state index is 12.0. The number of benzene rings is 1. The lowest BCUT2D eigenvalue weighted by atomic mass is 10.1. The zero-order valence-corrected chi connectivity index (χ0v) is 12.5. The number of amides is 2. The predicted molar refractivity (Wildman–Crippen MR) is 76.4 cm³/mol. The second kappa shape index (κ2) is 5.30. The molecule has 0 spiro atoms. The van der Waals surface area contributed by atoms with E-state index < -0.39 is 0 Å². The summed E-state index contributed by atoms with van der Waals surface area (Å²) >= 11 is 3.47. The van der Waals surface area contributed by atoms with Crippen LogP contribution in [-0.4, -0.2) is 18.4 Å². The van der Waals surface area contributed by atoms with Crippen molar-refractivity contribution in [2.45, 2.75) is 20.3 Å². The van der Waals surface area contributed by atoms with Crippen molar-refractivity contribution in [3.05, 3.63) is 27.7 Å². The van der Waals surface area contributed by atoms with Gasteiger partial charge in [0.05, 0.1) is 5.92 Å². The van der Waals surface area contributed by atoms with E-state index in [1.54, 1.807) is 4.90 Å². The molecular weight excluding hydrogens is 310 g/mol. The number of nitrogens with one attached hydrogen (secondary N) is 1. The van der Waals surface area contributed by atoms with Crippen LogP contribution in [0, 0.1) is 19.8 Å². The van der Waals surface area contributed by atoms with Gasteiger partial charge in [-0.1, -0.05) is 15.9 Å². The van der Waals surface area contributed by atoms with Gasteiger partial charge in [-0.25, -0.2) is 5.84 Å². The molecule has 1 unspecified atom stereocenters. The molecule has 19 heavy (non-hydrogen) atoms. The van der Waals surface area contributed by atoms with Crippen molar-refractivity contribution < 1.29 is 9.59 Å². The molecule has 0 bridgehead atoms. The van der Waals surface area contributed by atoms with Crippen LogP contribution in [-0.2, 0) is 9.59 Å². The molecular formula is C13H16BrN3O2. The van der Waals surface area contributed by atoms with Gasteiger partial charge in [0, 0.05) is 23.1 Å². The molecule has 1 atom stereocenters. The van der Waals surface area contributed by atoms with Gasteiger partial charge in [-0.05, 0) is 37.1 Å². The van der Waals surface area contributed by atoms with Crippen molar-refractivity contribution in [2.24, 2.45) is 11.8 Å². The summed E-state index contributed by atoms with van der Waals surface area (Å²) in [5, 5.41) is 0. The van der Waals surface area contributed by atoms with E-state index in [1.165, 1.54) is 0 Å². The van der Waals surface area contributed by atoms with Crippen molar-refractivity contribution in [1.29, 1.82) is 0 Å². The van der Waals surface area contributed by atoms with Gasteiger partial charge in [0.2, 0.25) is 11.8 Å². The maximum absolute atomic E-state index is 12.0. The van der Waals surface area contributed by atoms with Crippen LogP contribution in [0.3, 0.4) is 0 Å². The fourth-order valence-electron chi connectivity index (χ4n) is 2.30. The summed E-state index contributed by atoms with van der Waals surface area (Å²) in [5.74, 6) is 4.41. The standard InChI is InChI=1S/C13H16BrN3O2/c1-7-8(2)11(4-3-10(7)14)17-6-9(5-12(17)18)13(19)16-15/h3-4,9H,5-6,15H2,1-2H3,(H,16,19). The number of nitrogens with two attached hydrogens (primary N) is 1. The number of hydrogen-bond donors (Lipinski definition) is 2. The molecule has 2 rings (SSSR count). The Hall–Kier alpha value is -1.40. The third kappa shape index (κ3) is 2.50. The lowest BCUT2D eigenvalue weighted by Crippen LogP contribution is -2.37. The highest BCUT2D eigenvalue weighted by Crippen LogP contribution is 2.32. The Morgan fingerprint density at radius 3 is 2.74 bits per heavy atom. The summed E-state index contributed by atoms with van der Waals surface area (Å²) in [6.45, 7) is 4.34. The van der Waals surface area contributed by atoms with Crippen molar-refractivity contribution in [2.75, 3.05) is 11.4 Å². The Balaban J connectivity index is 2.31. The number of hydrogen-bond acceptors (Lipinski definition) is 3. The van der Waals surface area contributed by atoms with Crippen molar-refractivity contribution >= 4 is 33.4 Å². The monoisotopic (exact) mass is 325 g/mol. The third-order valence-corrected chi connectivity index (χ3v) is 4.48. The second-order valence-corrected chi connectivity index (χ2v) is 5.58. The molecule has 1 saturated heterocycles. The normalized spacial score (nSPS) is 18.8. The minimum Gasteiger partial charge on any atom is -0.311 e. The first-order valence-electron chi connectivity index (χ1n) is 6.02. The van der Waals surface area contributed by atoms with E-state index >= 15 is 0 Å². The summed E-state index contributed by atoms with van der Waals surface area (Å²) < 4.78 is 1.01. The van der Waals surface area contributed by atoms with E-state index in [4.69, 9.17) is 5.84 Å². The average Bonchev–Trinajstić information content (AvgIpc) is 2.77. The molecule has 5 nitrogen and oxygen atoms in total. The zero-order chi connectivity index (χ0) is 14.2. The molecule has 1 aliphatic heterocycles. The van der Waals surface area contributed by atoms with Gasteiger partial charge in [-0.2, -0.15) is 0 Å². The second-order valence-electron chi connectivity index (χ2n) is 4.73. The van der Waals surface area contributed by atoms with E-state index in [0.717, 1.165) is 21.3 Å². The number of hydrazine groups is 1. The molecule has 1 aromatic rings. The first-order chi connectivity index (χ1) is 8.95. The molecule has 1 aromatic carbocycles. The van der Waals surface area contributed by atoms with E-state index in [-0.39, 0.29) is 24.2 Å². The summed E-state index contributed by atoms with van der Waals surface area (Å²) in [6.07, 6.45) is 0.206. The van der Waals surface area contributed by atoms with Crippen LogP contribution in [0.5, 0.6) is 0 Å². The van der Waals surface area contributed by atoms with Gasteiger partial charge < -0.3 is 4.90 Å². The third-order valence-electron chi connectivity index (χ3n) is 3.62. The Kier molecular flexibility index (Phi) is 3.91. The molecule has 2 amide bonds. The fraction of sp³-hybridized carbons (Fsp3) is 0.385. The zero-order valence-electron chi connectivity index (χ0n) is 10.9. The smallest absolute Gasteiger partial charge is 0.239 e. The van der Waals surface area contributed by atoms with E-state index in [9.17, 15) is 9.59 Å². The summed E-state index contributed by atoms with van der Waals surface area (Å²) in [4.78, 5) is 25.2. The van der Waals surface area contributed by atoms with Crippen LogP contribution >= 0.6 is 15.9 Å². The topological polar surface area (TPSA) is 75.4 Å². The Bertz CT molecular complexity index is 545. The number of anilines is 1. The molecule has 102 valence electrons. The number of carbonyl (C=O) groups excluding carboxylic acids is 2. The molecule has 0 radical (unpaired) electrons. The van der Waals surface area contributed by atoms with Crippen LogP contribution in [0.15, 0.2) is 16.6 Å². The predicted octanol–water partition coefficient (Wildman–Crippen LogP) is 1.41. The van der Waals surface area contributed by atoms with Crippen LogP contribution < -0.4 is 16.2 Å².